The number of hydrogen-bond donors (Lipinski definition) is 0. The average molecular weight is 311 g/mol. The van der Waals surface area contributed by atoms with Gasteiger partial charge in [0, 0.05) is 20.0 Å². The van der Waals surface area contributed by atoms with E-state index in [0.717, 1.165) is 12.8 Å². The van der Waals surface area contributed by atoms with Crippen LogP contribution in [-0.4, -0.2) is 36.0 Å². The van der Waals surface area contributed by atoms with Crippen LogP contribution in [0.3, 0.4) is 0 Å². The zero-order valence-electron chi connectivity index (χ0n) is 11.9. The number of rotatable bonds is 3. The average Bonchev–Trinajstić information content (AvgIpc) is 3.08. The van der Waals surface area contributed by atoms with Gasteiger partial charge in [-0.1, -0.05) is 6.92 Å². The number of hydrogen-bond acceptors (Lipinski definition) is 6. The van der Waals surface area contributed by atoms with Gasteiger partial charge in [-0.15, -0.1) is 10.2 Å². The Labute approximate surface area is 123 Å². The predicted octanol–water partition coefficient (Wildman–Crippen LogP) is 2.06. The topological polar surface area (TPSA) is 89.4 Å². The van der Waals surface area contributed by atoms with Crippen molar-refractivity contribution in [3.05, 3.63) is 18.0 Å². The van der Waals surface area contributed by atoms with Crippen molar-refractivity contribution in [1.82, 2.24) is 14.5 Å². The fraction of sp³-hybridized carbons (Fsp3) is 0.538. The molecule has 0 atom stereocenters. The Hall–Kier alpha value is -1.67. The van der Waals surface area contributed by atoms with Crippen LogP contribution in [0.25, 0.3) is 11.7 Å². The molecule has 114 valence electrons. The lowest BCUT2D eigenvalue weighted by molar-refractivity contribution is 0.281. The van der Waals surface area contributed by atoms with E-state index in [0.29, 0.717) is 24.9 Å². The molecule has 21 heavy (non-hydrogen) atoms. The molecule has 3 heterocycles. The van der Waals surface area contributed by atoms with Gasteiger partial charge in [0.2, 0.25) is 11.0 Å². The normalized spacial score (nSPS) is 18.2. The fourth-order valence-electron chi connectivity index (χ4n) is 2.32. The van der Waals surface area contributed by atoms with E-state index < -0.39 is 10.0 Å². The van der Waals surface area contributed by atoms with E-state index in [1.54, 1.807) is 6.92 Å². The smallest absolute Gasteiger partial charge is 0.283 e. The summed E-state index contributed by atoms with van der Waals surface area (Å²) in [6, 6.07) is 2.97. The van der Waals surface area contributed by atoms with Gasteiger partial charge >= 0.3 is 0 Å². The first-order valence-corrected chi connectivity index (χ1v) is 8.31. The minimum atomic E-state index is -3.59. The van der Waals surface area contributed by atoms with Crippen LogP contribution in [0.15, 0.2) is 26.1 Å². The SMILES string of the molecule is Cc1nnc(-c2ccc(S(=O)(=O)N3CCC(C)CC3)o2)o1. The Morgan fingerprint density at radius 1 is 1.19 bits per heavy atom. The predicted molar refractivity (Wildman–Crippen MR) is 73.9 cm³/mol. The Bertz CT molecular complexity index is 726. The summed E-state index contributed by atoms with van der Waals surface area (Å²) in [5.41, 5.74) is 0. The molecule has 0 radical (unpaired) electrons. The van der Waals surface area contributed by atoms with Gasteiger partial charge in [-0.25, -0.2) is 8.42 Å². The van der Waals surface area contributed by atoms with Crippen molar-refractivity contribution in [3.63, 3.8) is 0 Å². The van der Waals surface area contributed by atoms with Gasteiger partial charge in [-0.3, -0.25) is 0 Å². The molecule has 0 amide bonds. The van der Waals surface area contributed by atoms with Gasteiger partial charge in [0.25, 0.3) is 15.9 Å². The summed E-state index contributed by atoms with van der Waals surface area (Å²) < 4.78 is 37.1. The standard InChI is InChI=1S/C13H17N3O4S/c1-9-5-7-16(8-6-9)21(17,18)12-4-3-11(20-12)13-15-14-10(2)19-13/h3-4,9H,5-8H2,1-2H3. The van der Waals surface area contributed by atoms with Crippen LogP contribution in [0, 0.1) is 12.8 Å². The Morgan fingerprint density at radius 2 is 1.90 bits per heavy atom. The molecule has 1 fully saturated rings. The molecule has 7 nitrogen and oxygen atoms in total. The summed E-state index contributed by atoms with van der Waals surface area (Å²) in [5.74, 6) is 1.40. The van der Waals surface area contributed by atoms with Crippen LogP contribution in [0.4, 0.5) is 0 Å². The number of piperidine rings is 1. The molecule has 0 N–H and O–H groups in total. The molecule has 1 aliphatic rings. The van der Waals surface area contributed by atoms with Gasteiger partial charge in [0.1, 0.15) is 0 Å². The van der Waals surface area contributed by atoms with E-state index in [1.165, 1.54) is 16.4 Å². The molecular weight excluding hydrogens is 294 g/mol. The maximum absolute atomic E-state index is 12.5. The van der Waals surface area contributed by atoms with Crippen molar-refractivity contribution in [2.75, 3.05) is 13.1 Å². The molecule has 2 aromatic heterocycles. The third kappa shape index (κ3) is 2.73. The molecule has 0 aliphatic carbocycles. The second-order valence-electron chi connectivity index (χ2n) is 5.33. The summed E-state index contributed by atoms with van der Waals surface area (Å²) in [6.45, 7) is 4.84. The second kappa shape index (κ2) is 5.27. The quantitative estimate of drug-likeness (QED) is 0.862. The van der Waals surface area contributed by atoms with Gasteiger partial charge in [-0.05, 0) is 30.9 Å². The van der Waals surface area contributed by atoms with Gasteiger partial charge in [-0.2, -0.15) is 4.31 Å². The van der Waals surface area contributed by atoms with E-state index in [1.807, 2.05) is 0 Å². The molecule has 0 spiro atoms. The van der Waals surface area contributed by atoms with E-state index in [4.69, 9.17) is 8.83 Å². The highest BCUT2D eigenvalue weighted by molar-refractivity contribution is 7.89. The minimum Gasteiger partial charge on any atom is -0.438 e. The summed E-state index contributed by atoms with van der Waals surface area (Å²) >= 11 is 0. The third-order valence-electron chi connectivity index (χ3n) is 3.65. The molecule has 0 saturated carbocycles. The molecule has 8 heteroatoms. The Kier molecular flexibility index (Phi) is 3.58. The Morgan fingerprint density at radius 3 is 2.52 bits per heavy atom. The lowest BCUT2D eigenvalue weighted by Gasteiger charge is -2.28. The van der Waals surface area contributed by atoms with Gasteiger partial charge < -0.3 is 8.83 Å². The zero-order valence-corrected chi connectivity index (χ0v) is 12.8. The minimum absolute atomic E-state index is 0.0806. The van der Waals surface area contributed by atoms with Crippen LogP contribution in [0.2, 0.25) is 0 Å². The third-order valence-corrected chi connectivity index (χ3v) is 5.43. The Balaban J connectivity index is 1.85. The first kappa shape index (κ1) is 14.3. The van der Waals surface area contributed by atoms with Crippen molar-refractivity contribution in [3.8, 4) is 11.7 Å². The first-order chi connectivity index (χ1) is 9.96. The van der Waals surface area contributed by atoms with E-state index >= 15 is 0 Å². The van der Waals surface area contributed by atoms with E-state index in [9.17, 15) is 8.42 Å². The summed E-state index contributed by atoms with van der Waals surface area (Å²) in [4.78, 5) is 0. The highest BCUT2D eigenvalue weighted by Gasteiger charge is 2.31. The molecule has 1 saturated heterocycles. The van der Waals surface area contributed by atoms with Crippen LogP contribution in [0.5, 0.6) is 0 Å². The molecule has 1 aliphatic heterocycles. The van der Waals surface area contributed by atoms with Crippen molar-refractivity contribution >= 4 is 10.0 Å². The van der Waals surface area contributed by atoms with E-state index in [-0.39, 0.29) is 16.7 Å². The van der Waals surface area contributed by atoms with Crippen molar-refractivity contribution in [1.29, 1.82) is 0 Å². The van der Waals surface area contributed by atoms with Crippen molar-refractivity contribution in [2.24, 2.45) is 5.92 Å². The number of nitrogens with zero attached hydrogens (tertiary/aromatic N) is 3. The molecule has 0 unspecified atom stereocenters. The van der Waals surface area contributed by atoms with Crippen LogP contribution >= 0.6 is 0 Å². The van der Waals surface area contributed by atoms with Crippen molar-refractivity contribution in [2.45, 2.75) is 31.8 Å². The molecule has 0 aromatic carbocycles. The fourth-order valence-corrected chi connectivity index (χ4v) is 3.70. The van der Waals surface area contributed by atoms with Crippen LogP contribution in [0.1, 0.15) is 25.7 Å². The molecular formula is C13H17N3O4S. The van der Waals surface area contributed by atoms with E-state index in [2.05, 4.69) is 17.1 Å². The zero-order chi connectivity index (χ0) is 15.0. The van der Waals surface area contributed by atoms with Crippen LogP contribution < -0.4 is 0 Å². The molecule has 0 bridgehead atoms. The number of furan rings is 1. The summed E-state index contributed by atoms with van der Waals surface area (Å²) in [7, 11) is -3.59. The molecule has 2 aromatic rings. The lowest BCUT2D eigenvalue weighted by atomic mass is 10.0. The maximum Gasteiger partial charge on any atom is 0.283 e. The number of sulfonamides is 1. The number of aryl methyl sites for hydroxylation is 1. The van der Waals surface area contributed by atoms with Crippen molar-refractivity contribution < 1.29 is 17.3 Å². The number of aromatic nitrogens is 2. The highest BCUT2D eigenvalue weighted by atomic mass is 32.2. The van der Waals surface area contributed by atoms with Crippen LogP contribution in [-0.2, 0) is 10.0 Å². The molecule has 3 rings (SSSR count). The second-order valence-corrected chi connectivity index (χ2v) is 7.20. The summed E-state index contributed by atoms with van der Waals surface area (Å²) in [6.07, 6.45) is 1.74. The highest BCUT2D eigenvalue weighted by Crippen LogP contribution is 2.28. The summed E-state index contributed by atoms with van der Waals surface area (Å²) in [5, 5.41) is 7.43. The maximum atomic E-state index is 12.5. The first-order valence-electron chi connectivity index (χ1n) is 6.87. The largest absolute Gasteiger partial charge is 0.438 e. The van der Waals surface area contributed by atoms with Gasteiger partial charge in [0.15, 0.2) is 5.76 Å². The monoisotopic (exact) mass is 311 g/mol. The lowest BCUT2D eigenvalue weighted by Crippen LogP contribution is -2.37. The van der Waals surface area contributed by atoms with Gasteiger partial charge in [0.05, 0.1) is 0 Å².